The van der Waals surface area contributed by atoms with E-state index in [1.807, 2.05) is 0 Å². The summed E-state index contributed by atoms with van der Waals surface area (Å²) in [5.74, 6) is -0.272. The van der Waals surface area contributed by atoms with Crippen molar-refractivity contribution in [2.45, 2.75) is 38.6 Å². The van der Waals surface area contributed by atoms with Crippen molar-refractivity contribution < 1.29 is 27.5 Å². The first kappa shape index (κ1) is 26.5. The van der Waals surface area contributed by atoms with Gasteiger partial charge in [0.15, 0.2) is 17.1 Å². The highest BCUT2D eigenvalue weighted by Gasteiger charge is 2.43. The second kappa shape index (κ2) is 10.3. The summed E-state index contributed by atoms with van der Waals surface area (Å²) in [6.45, 7) is 1.98. The molecule has 0 aliphatic carbocycles. The van der Waals surface area contributed by atoms with E-state index in [1.165, 1.54) is 36.6 Å². The third-order valence-electron chi connectivity index (χ3n) is 7.21. The van der Waals surface area contributed by atoms with Crippen molar-refractivity contribution in [1.29, 1.82) is 5.26 Å². The maximum atomic E-state index is 13.5. The molecular weight excluding hydrogens is 536 g/mol. The third kappa shape index (κ3) is 5.24. The van der Waals surface area contributed by atoms with Crippen LogP contribution in [0.25, 0.3) is 22.2 Å². The highest BCUT2D eigenvalue weighted by atomic mass is 19.3. The molecule has 10 nitrogen and oxygen atoms in total. The Morgan fingerprint density at radius 1 is 1.10 bits per heavy atom. The van der Waals surface area contributed by atoms with Gasteiger partial charge in [0.1, 0.15) is 18.0 Å². The lowest BCUT2D eigenvalue weighted by atomic mass is 10.1. The van der Waals surface area contributed by atoms with Gasteiger partial charge in [-0.1, -0.05) is 18.6 Å². The predicted molar refractivity (Wildman–Crippen MR) is 144 cm³/mol. The first-order chi connectivity index (χ1) is 19.7. The summed E-state index contributed by atoms with van der Waals surface area (Å²) < 4.78 is 43.0. The molecule has 1 amide bonds. The largest absolute Gasteiger partial charge is 0.586 e. The summed E-state index contributed by atoms with van der Waals surface area (Å²) in [4.78, 5) is 30.3. The Hall–Kier alpha value is -4.76. The Labute approximate surface area is 232 Å². The molecule has 0 spiro atoms. The zero-order valence-electron chi connectivity index (χ0n) is 22.1. The number of amides is 1. The summed E-state index contributed by atoms with van der Waals surface area (Å²) in [5, 5.41) is 14.2. The van der Waals surface area contributed by atoms with E-state index in [0.29, 0.717) is 29.1 Å². The minimum Gasteiger partial charge on any atom is -0.457 e. The standard InChI is InChI=1S/C29H25F2N5O5/c1-34(20-8-9-23-24(13-20)41-29(30,31)40-23)25(37)17-36-28(38)22-14-21(16-35-10-3-2-4-11-35)39-27(22)26(33-36)19-7-5-6-18(12-19)15-32/h5-9,12-14H,2-4,10-11,16-17H2,1H3. The number of likely N-dealkylation sites (N-methyl/N-ethyl adjacent to an activating group) is 1. The SMILES string of the molecule is CN(C(=O)Cn1nc(-c2cccc(C#N)c2)c2oc(CN3CCCCC3)cc2c1=O)c1ccc2c(c1)OC(F)(F)O2. The zero-order valence-corrected chi connectivity index (χ0v) is 22.1. The molecule has 0 unspecified atom stereocenters. The average molecular weight is 562 g/mol. The maximum Gasteiger partial charge on any atom is 0.586 e. The number of ether oxygens (including phenoxy) is 2. The van der Waals surface area contributed by atoms with Crippen LogP contribution in [-0.2, 0) is 17.9 Å². The van der Waals surface area contributed by atoms with Gasteiger partial charge in [0.2, 0.25) is 5.91 Å². The fourth-order valence-corrected chi connectivity index (χ4v) is 5.10. The molecule has 2 aromatic heterocycles. The van der Waals surface area contributed by atoms with Crippen LogP contribution in [0.1, 0.15) is 30.6 Å². The van der Waals surface area contributed by atoms with Crippen LogP contribution in [0.5, 0.6) is 11.5 Å². The number of hydrogen-bond acceptors (Lipinski definition) is 8. The molecular formula is C29H25F2N5O5. The van der Waals surface area contributed by atoms with E-state index in [9.17, 15) is 23.6 Å². The Kier molecular flexibility index (Phi) is 6.67. The lowest BCUT2D eigenvalue weighted by Crippen LogP contribution is -2.35. The van der Waals surface area contributed by atoms with Gasteiger partial charge >= 0.3 is 6.29 Å². The van der Waals surface area contributed by atoms with Crippen LogP contribution in [0.2, 0.25) is 0 Å². The van der Waals surface area contributed by atoms with Crippen LogP contribution in [0.4, 0.5) is 14.5 Å². The number of furan rings is 1. The first-order valence-corrected chi connectivity index (χ1v) is 13.1. The van der Waals surface area contributed by atoms with Crippen LogP contribution in [-0.4, -0.2) is 47.0 Å². The van der Waals surface area contributed by atoms with Gasteiger partial charge in [0.05, 0.1) is 23.6 Å². The number of benzene rings is 2. The minimum absolute atomic E-state index is 0.146. The molecule has 4 aromatic rings. The van der Waals surface area contributed by atoms with Gasteiger partial charge in [0, 0.05) is 24.4 Å². The molecule has 0 radical (unpaired) electrons. The highest BCUT2D eigenvalue weighted by molar-refractivity contribution is 5.94. The number of piperidine rings is 1. The number of halogens is 2. The Morgan fingerprint density at radius 3 is 2.66 bits per heavy atom. The number of anilines is 1. The van der Waals surface area contributed by atoms with E-state index in [-0.39, 0.29) is 28.2 Å². The van der Waals surface area contributed by atoms with E-state index in [0.717, 1.165) is 30.6 Å². The van der Waals surface area contributed by atoms with E-state index in [4.69, 9.17) is 4.42 Å². The van der Waals surface area contributed by atoms with Gasteiger partial charge in [0.25, 0.3) is 5.56 Å². The van der Waals surface area contributed by atoms with Crippen molar-refractivity contribution in [3.8, 4) is 28.8 Å². The van der Waals surface area contributed by atoms with Gasteiger partial charge in [-0.3, -0.25) is 14.5 Å². The topological polar surface area (TPSA) is 114 Å². The quantitative estimate of drug-likeness (QED) is 0.338. The maximum absolute atomic E-state index is 13.5. The molecule has 0 saturated carbocycles. The average Bonchev–Trinajstić information content (AvgIpc) is 3.53. The molecule has 6 rings (SSSR count). The number of nitrogens with zero attached hydrogens (tertiary/aromatic N) is 5. The predicted octanol–water partition coefficient (Wildman–Crippen LogP) is 4.50. The monoisotopic (exact) mass is 561 g/mol. The van der Waals surface area contributed by atoms with Crippen LogP contribution in [0, 0.1) is 11.3 Å². The highest BCUT2D eigenvalue weighted by Crippen LogP contribution is 2.42. The van der Waals surface area contributed by atoms with Crippen LogP contribution < -0.4 is 19.9 Å². The van der Waals surface area contributed by atoms with Crippen molar-refractivity contribution in [2.24, 2.45) is 0 Å². The van der Waals surface area contributed by atoms with Crippen molar-refractivity contribution in [1.82, 2.24) is 14.7 Å². The minimum atomic E-state index is -3.78. The molecule has 0 atom stereocenters. The summed E-state index contributed by atoms with van der Waals surface area (Å²) in [7, 11) is 1.45. The molecule has 1 fully saturated rings. The second-order valence-electron chi connectivity index (χ2n) is 10.0. The van der Waals surface area contributed by atoms with Crippen LogP contribution >= 0.6 is 0 Å². The molecule has 4 heterocycles. The number of rotatable bonds is 6. The number of likely N-dealkylation sites (tertiary alicyclic amines) is 1. The summed E-state index contributed by atoms with van der Waals surface area (Å²) >= 11 is 0. The number of nitriles is 1. The Morgan fingerprint density at radius 2 is 1.88 bits per heavy atom. The number of alkyl halides is 2. The van der Waals surface area contributed by atoms with Crippen LogP contribution in [0.15, 0.2) is 57.7 Å². The molecule has 41 heavy (non-hydrogen) atoms. The van der Waals surface area contributed by atoms with Gasteiger partial charge in [-0.05, 0) is 56.3 Å². The van der Waals surface area contributed by atoms with Gasteiger partial charge < -0.3 is 18.8 Å². The number of carbonyl (C=O) groups excluding carboxylic acids is 1. The molecule has 2 aromatic carbocycles. The number of aromatic nitrogens is 2. The van der Waals surface area contributed by atoms with Crippen molar-refractivity contribution in [2.75, 3.05) is 25.0 Å². The number of carbonyl (C=O) groups is 1. The van der Waals surface area contributed by atoms with E-state index in [1.54, 1.807) is 30.3 Å². The fourth-order valence-electron chi connectivity index (χ4n) is 5.10. The fraction of sp³-hybridized carbons (Fsp3) is 0.310. The van der Waals surface area contributed by atoms with Gasteiger partial charge in [-0.2, -0.15) is 10.4 Å². The normalized spacial score (nSPS) is 16.0. The smallest absolute Gasteiger partial charge is 0.457 e. The van der Waals surface area contributed by atoms with Crippen LogP contribution in [0.3, 0.4) is 0 Å². The van der Waals surface area contributed by atoms with E-state index in [2.05, 4.69) is 25.5 Å². The molecule has 12 heteroatoms. The Balaban J connectivity index is 1.35. The number of hydrogen-bond donors (Lipinski definition) is 0. The van der Waals surface area contributed by atoms with E-state index >= 15 is 0 Å². The number of fused-ring (bicyclic) bond motifs is 2. The molecule has 0 bridgehead atoms. The molecule has 0 N–H and O–H groups in total. The Bertz CT molecular complexity index is 1750. The van der Waals surface area contributed by atoms with Crippen molar-refractivity contribution in [3.05, 3.63) is 70.2 Å². The lowest BCUT2D eigenvalue weighted by Gasteiger charge is -2.25. The second-order valence-corrected chi connectivity index (χ2v) is 10.0. The summed E-state index contributed by atoms with van der Waals surface area (Å²) in [6.07, 6.45) is -0.400. The van der Waals surface area contributed by atoms with E-state index < -0.39 is 24.3 Å². The zero-order chi connectivity index (χ0) is 28.7. The van der Waals surface area contributed by atoms with Gasteiger partial charge in [-0.25, -0.2) is 4.68 Å². The van der Waals surface area contributed by atoms with Crippen molar-refractivity contribution >= 4 is 22.6 Å². The summed E-state index contributed by atoms with van der Waals surface area (Å²) in [6, 6.07) is 14.5. The first-order valence-electron chi connectivity index (χ1n) is 13.1. The molecule has 210 valence electrons. The van der Waals surface area contributed by atoms with Crippen molar-refractivity contribution in [3.63, 3.8) is 0 Å². The molecule has 2 aliphatic rings. The summed E-state index contributed by atoms with van der Waals surface area (Å²) in [5.41, 5.74) is 1.31. The van der Waals surface area contributed by atoms with Gasteiger partial charge in [-0.15, -0.1) is 8.78 Å². The third-order valence-corrected chi connectivity index (χ3v) is 7.21. The lowest BCUT2D eigenvalue weighted by molar-refractivity contribution is -0.286. The molecule has 1 saturated heterocycles. The molecule has 2 aliphatic heterocycles.